The number of nitrogens with zero attached hydrogens (tertiary/aromatic N) is 1. The number of hydrogen-bond donors (Lipinski definition) is 1. The smallest absolute Gasteiger partial charge is 0.0971 e. The molecule has 1 rings (SSSR count). The molecule has 1 fully saturated rings. The Morgan fingerprint density at radius 2 is 1.92 bits per heavy atom. The summed E-state index contributed by atoms with van der Waals surface area (Å²) in [5.41, 5.74) is 5.88. The lowest BCUT2D eigenvalue weighted by molar-refractivity contribution is 0.418. The van der Waals surface area contributed by atoms with Gasteiger partial charge in [0.15, 0.2) is 0 Å². The van der Waals surface area contributed by atoms with Crippen LogP contribution in [0.2, 0.25) is 0 Å². The van der Waals surface area contributed by atoms with Gasteiger partial charge in [0.2, 0.25) is 0 Å². The van der Waals surface area contributed by atoms with Crippen molar-refractivity contribution in [2.45, 2.75) is 52.5 Å². The summed E-state index contributed by atoms with van der Waals surface area (Å²) >= 11 is 0. The van der Waals surface area contributed by atoms with E-state index in [0.717, 1.165) is 5.84 Å². The van der Waals surface area contributed by atoms with Crippen molar-refractivity contribution in [1.29, 1.82) is 0 Å². The van der Waals surface area contributed by atoms with Crippen molar-refractivity contribution in [2.75, 3.05) is 0 Å². The Hall–Kier alpha value is -0.530. The second kappa shape index (κ2) is 4.64. The van der Waals surface area contributed by atoms with Gasteiger partial charge in [-0.15, -0.1) is 0 Å². The highest BCUT2D eigenvalue weighted by molar-refractivity contribution is 5.85. The van der Waals surface area contributed by atoms with E-state index in [1.807, 2.05) is 0 Å². The fraction of sp³-hybridized carbons (Fsp3) is 0.909. The Bertz CT molecular complexity index is 179. The molecule has 0 heterocycles. The summed E-state index contributed by atoms with van der Waals surface area (Å²) in [5, 5.41) is 0. The van der Waals surface area contributed by atoms with Crippen LogP contribution in [0, 0.1) is 11.8 Å². The molecular formula is C11H22N2. The van der Waals surface area contributed by atoms with E-state index in [-0.39, 0.29) is 0 Å². The van der Waals surface area contributed by atoms with Crippen LogP contribution < -0.4 is 5.73 Å². The van der Waals surface area contributed by atoms with Crippen LogP contribution in [0.25, 0.3) is 0 Å². The minimum Gasteiger partial charge on any atom is -0.387 e. The third kappa shape index (κ3) is 3.02. The molecule has 0 aromatic heterocycles. The van der Waals surface area contributed by atoms with Crippen LogP contribution in [0.15, 0.2) is 4.99 Å². The van der Waals surface area contributed by atoms with Crippen molar-refractivity contribution >= 4 is 5.84 Å². The largest absolute Gasteiger partial charge is 0.387 e. The van der Waals surface area contributed by atoms with Gasteiger partial charge in [-0.1, -0.05) is 26.7 Å². The first-order valence-corrected chi connectivity index (χ1v) is 5.52. The topological polar surface area (TPSA) is 38.4 Å². The van der Waals surface area contributed by atoms with Crippen molar-refractivity contribution in [2.24, 2.45) is 22.6 Å². The van der Waals surface area contributed by atoms with E-state index >= 15 is 0 Å². The summed E-state index contributed by atoms with van der Waals surface area (Å²) in [5.74, 6) is 2.23. The molecule has 0 aromatic rings. The molecule has 1 aliphatic rings. The summed E-state index contributed by atoms with van der Waals surface area (Å²) in [6.45, 7) is 6.65. The molecule has 2 N–H and O–H groups in total. The van der Waals surface area contributed by atoms with Crippen LogP contribution >= 0.6 is 0 Å². The normalized spacial score (nSPS) is 20.8. The molecule has 0 saturated heterocycles. The Morgan fingerprint density at radius 1 is 1.38 bits per heavy atom. The number of rotatable bonds is 5. The molecule has 1 unspecified atom stereocenters. The summed E-state index contributed by atoms with van der Waals surface area (Å²) < 4.78 is 0. The highest BCUT2D eigenvalue weighted by Crippen LogP contribution is 2.29. The molecule has 2 heteroatoms. The van der Waals surface area contributed by atoms with Crippen molar-refractivity contribution < 1.29 is 0 Å². The van der Waals surface area contributed by atoms with Crippen LogP contribution in [0.5, 0.6) is 0 Å². The van der Waals surface area contributed by atoms with Crippen molar-refractivity contribution in [3.8, 4) is 0 Å². The Morgan fingerprint density at radius 3 is 2.31 bits per heavy atom. The molecule has 2 nitrogen and oxygen atoms in total. The van der Waals surface area contributed by atoms with Crippen LogP contribution in [0.1, 0.15) is 46.5 Å². The third-order valence-corrected chi connectivity index (χ3v) is 3.08. The van der Waals surface area contributed by atoms with E-state index in [0.29, 0.717) is 17.9 Å². The maximum atomic E-state index is 5.88. The zero-order valence-corrected chi connectivity index (χ0v) is 9.09. The highest BCUT2D eigenvalue weighted by Gasteiger charge is 2.26. The Labute approximate surface area is 81.6 Å². The second-order valence-electron chi connectivity index (χ2n) is 4.15. The van der Waals surface area contributed by atoms with Gasteiger partial charge < -0.3 is 5.73 Å². The van der Waals surface area contributed by atoms with Crippen LogP contribution in [-0.2, 0) is 0 Å². The van der Waals surface area contributed by atoms with Gasteiger partial charge in [0.05, 0.1) is 11.9 Å². The first-order valence-electron chi connectivity index (χ1n) is 5.52. The molecule has 76 valence electrons. The van der Waals surface area contributed by atoms with Crippen LogP contribution in [-0.4, -0.2) is 11.9 Å². The molecule has 1 aliphatic carbocycles. The van der Waals surface area contributed by atoms with Crippen LogP contribution in [0.4, 0.5) is 0 Å². The fourth-order valence-electron chi connectivity index (χ4n) is 1.80. The molecule has 1 atom stereocenters. The van der Waals surface area contributed by atoms with Crippen molar-refractivity contribution in [3.63, 3.8) is 0 Å². The maximum absolute atomic E-state index is 5.88. The molecule has 1 saturated carbocycles. The molecule has 13 heavy (non-hydrogen) atoms. The van der Waals surface area contributed by atoms with E-state index in [2.05, 4.69) is 25.8 Å². The van der Waals surface area contributed by atoms with Gasteiger partial charge in [-0.25, -0.2) is 0 Å². The molecule has 0 aliphatic heterocycles. The average Bonchev–Trinajstić information content (AvgIpc) is 2.88. The summed E-state index contributed by atoms with van der Waals surface area (Å²) in [6.07, 6.45) is 4.92. The summed E-state index contributed by atoms with van der Waals surface area (Å²) in [6, 6.07) is 0.413. The molecule has 0 radical (unpaired) electrons. The predicted molar refractivity (Wildman–Crippen MR) is 57.9 cm³/mol. The zero-order chi connectivity index (χ0) is 9.84. The van der Waals surface area contributed by atoms with Gasteiger partial charge in [-0.2, -0.15) is 0 Å². The third-order valence-electron chi connectivity index (χ3n) is 3.08. The lowest BCUT2D eigenvalue weighted by Crippen LogP contribution is -2.21. The Balaban J connectivity index is 2.45. The minimum absolute atomic E-state index is 0.413. The monoisotopic (exact) mass is 182 g/mol. The van der Waals surface area contributed by atoms with Gasteiger partial charge in [0, 0.05) is 5.92 Å². The zero-order valence-electron chi connectivity index (χ0n) is 9.09. The number of aliphatic imine (C=N–C) groups is 1. The van der Waals surface area contributed by atoms with E-state index in [9.17, 15) is 0 Å². The lowest BCUT2D eigenvalue weighted by atomic mass is 9.96. The minimum atomic E-state index is 0.413. The van der Waals surface area contributed by atoms with E-state index in [4.69, 9.17) is 5.73 Å². The number of amidine groups is 1. The first-order chi connectivity index (χ1) is 6.19. The quantitative estimate of drug-likeness (QED) is 0.515. The number of hydrogen-bond acceptors (Lipinski definition) is 1. The van der Waals surface area contributed by atoms with Gasteiger partial charge in [-0.05, 0) is 25.7 Å². The van der Waals surface area contributed by atoms with Gasteiger partial charge >= 0.3 is 0 Å². The number of nitrogens with two attached hydrogens (primary N) is 1. The highest BCUT2D eigenvalue weighted by atomic mass is 14.9. The van der Waals surface area contributed by atoms with Gasteiger partial charge in [-0.3, -0.25) is 4.99 Å². The van der Waals surface area contributed by atoms with Gasteiger partial charge in [0.1, 0.15) is 0 Å². The lowest BCUT2D eigenvalue weighted by Gasteiger charge is -2.17. The van der Waals surface area contributed by atoms with Crippen molar-refractivity contribution in [3.05, 3.63) is 0 Å². The molecular weight excluding hydrogens is 160 g/mol. The standard InChI is InChI=1S/C11H22N2/c1-4-9(5-2)8(3)13-11(12)10-6-7-10/h8-10H,4-7H2,1-3H3,(H2,12,13). The SMILES string of the molecule is CCC(CC)C(C)N=C(N)C1CC1. The molecule has 0 aromatic carbocycles. The second-order valence-corrected chi connectivity index (χ2v) is 4.15. The Kier molecular flexibility index (Phi) is 3.76. The molecule has 0 bridgehead atoms. The summed E-state index contributed by atoms with van der Waals surface area (Å²) in [7, 11) is 0. The van der Waals surface area contributed by atoms with E-state index in [1.165, 1.54) is 25.7 Å². The van der Waals surface area contributed by atoms with E-state index < -0.39 is 0 Å². The van der Waals surface area contributed by atoms with Crippen molar-refractivity contribution in [1.82, 2.24) is 0 Å². The van der Waals surface area contributed by atoms with Gasteiger partial charge in [0.25, 0.3) is 0 Å². The fourth-order valence-corrected chi connectivity index (χ4v) is 1.80. The summed E-state index contributed by atoms with van der Waals surface area (Å²) in [4.78, 5) is 4.58. The van der Waals surface area contributed by atoms with E-state index in [1.54, 1.807) is 0 Å². The van der Waals surface area contributed by atoms with Crippen LogP contribution in [0.3, 0.4) is 0 Å². The molecule has 0 spiro atoms. The predicted octanol–water partition coefficient (Wildman–Crippen LogP) is 2.58. The first kappa shape index (κ1) is 10.6. The molecule has 0 amide bonds. The average molecular weight is 182 g/mol. The maximum Gasteiger partial charge on any atom is 0.0971 e.